The molecular weight excluding hydrogens is 285 g/mol. The van der Waals surface area contributed by atoms with Crippen molar-refractivity contribution in [1.82, 2.24) is 0 Å². The Morgan fingerprint density at radius 1 is 1.05 bits per heavy atom. The maximum Gasteiger partial charge on any atom is 0.272 e. The maximum absolute atomic E-state index is 11.0. The summed E-state index contributed by atoms with van der Waals surface area (Å²) in [5, 5.41) is 11.0. The van der Waals surface area contributed by atoms with Crippen molar-refractivity contribution in [2.75, 3.05) is 0 Å². The van der Waals surface area contributed by atoms with Crippen molar-refractivity contribution in [3.63, 3.8) is 0 Å². The minimum absolute atomic E-state index is 0.0131. The molecule has 0 heterocycles. The summed E-state index contributed by atoms with van der Waals surface area (Å²) in [6, 6.07) is 13.8. The summed E-state index contributed by atoms with van der Waals surface area (Å²) in [4.78, 5) is 10.5. The molecule has 3 nitrogen and oxygen atoms in total. The SMILES string of the molecule is Cc1ccc(C(Cl)(Cl)c2ccccc2)cc1[N+](=O)[O-]. The number of hydrogen-bond acceptors (Lipinski definition) is 2. The first-order valence-electron chi connectivity index (χ1n) is 5.62. The minimum Gasteiger partial charge on any atom is -0.258 e. The molecule has 0 aliphatic carbocycles. The van der Waals surface area contributed by atoms with Gasteiger partial charge < -0.3 is 0 Å². The van der Waals surface area contributed by atoms with E-state index in [1.54, 1.807) is 31.2 Å². The number of nitrogens with zero attached hydrogens (tertiary/aromatic N) is 1. The van der Waals surface area contributed by atoms with Crippen molar-refractivity contribution in [2.45, 2.75) is 11.3 Å². The van der Waals surface area contributed by atoms with Gasteiger partial charge in [0.15, 0.2) is 4.33 Å². The van der Waals surface area contributed by atoms with Crippen LogP contribution in [0.15, 0.2) is 48.5 Å². The number of alkyl halides is 2. The van der Waals surface area contributed by atoms with Gasteiger partial charge in [0.25, 0.3) is 5.69 Å². The van der Waals surface area contributed by atoms with Gasteiger partial charge in [-0.1, -0.05) is 65.7 Å². The van der Waals surface area contributed by atoms with Gasteiger partial charge in [0.1, 0.15) is 0 Å². The van der Waals surface area contributed by atoms with E-state index < -0.39 is 9.26 Å². The zero-order chi connectivity index (χ0) is 14.0. The van der Waals surface area contributed by atoms with Gasteiger partial charge in [-0.15, -0.1) is 0 Å². The zero-order valence-electron chi connectivity index (χ0n) is 10.1. The number of hydrogen-bond donors (Lipinski definition) is 0. The molecular formula is C14H11Cl2NO2. The van der Waals surface area contributed by atoms with Gasteiger partial charge in [-0.05, 0) is 18.1 Å². The Balaban J connectivity index is 2.53. The van der Waals surface area contributed by atoms with E-state index in [2.05, 4.69) is 0 Å². The third kappa shape index (κ3) is 2.72. The van der Waals surface area contributed by atoms with E-state index in [1.165, 1.54) is 6.07 Å². The Morgan fingerprint density at radius 3 is 2.26 bits per heavy atom. The lowest BCUT2D eigenvalue weighted by atomic mass is 10.0. The van der Waals surface area contributed by atoms with Crippen LogP contribution in [0.4, 0.5) is 5.69 Å². The van der Waals surface area contributed by atoms with Crippen molar-refractivity contribution in [1.29, 1.82) is 0 Å². The molecule has 0 spiro atoms. The van der Waals surface area contributed by atoms with Crippen LogP contribution in [0, 0.1) is 17.0 Å². The maximum atomic E-state index is 11.0. The molecule has 0 fully saturated rings. The number of nitro benzene ring substituents is 1. The van der Waals surface area contributed by atoms with Gasteiger partial charge in [-0.25, -0.2) is 0 Å². The van der Waals surface area contributed by atoms with Gasteiger partial charge in [0.05, 0.1) is 4.92 Å². The Hall–Kier alpha value is -1.58. The predicted molar refractivity (Wildman–Crippen MR) is 76.8 cm³/mol. The number of benzene rings is 2. The standard InChI is InChI=1S/C14H11Cl2NO2/c1-10-7-8-12(9-13(10)17(18)19)14(15,16)11-5-3-2-4-6-11/h2-9H,1H3. The van der Waals surface area contributed by atoms with E-state index in [-0.39, 0.29) is 5.69 Å². The topological polar surface area (TPSA) is 43.1 Å². The van der Waals surface area contributed by atoms with E-state index in [1.807, 2.05) is 18.2 Å². The fourth-order valence-corrected chi connectivity index (χ4v) is 2.30. The van der Waals surface area contributed by atoms with E-state index >= 15 is 0 Å². The summed E-state index contributed by atoms with van der Waals surface area (Å²) in [5.74, 6) is 0. The summed E-state index contributed by atoms with van der Waals surface area (Å²) in [6.45, 7) is 1.68. The van der Waals surface area contributed by atoms with E-state index in [4.69, 9.17) is 23.2 Å². The molecule has 0 aliphatic rings. The minimum atomic E-state index is -1.31. The fourth-order valence-electron chi connectivity index (χ4n) is 1.82. The second-order valence-electron chi connectivity index (χ2n) is 4.20. The molecule has 0 aliphatic heterocycles. The monoisotopic (exact) mass is 295 g/mol. The van der Waals surface area contributed by atoms with Crippen molar-refractivity contribution in [2.24, 2.45) is 0 Å². The molecule has 0 aromatic heterocycles. The van der Waals surface area contributed by atoms with E-state index in [9.17, 15) is 10.1 Å². The largest absolute Gasteiger partial charge is 0.272 e. The summed E-state index contributed by atoms with van der Waals surface area (Å²) >= 11 is 12.7. The quantitative estimate of drug-likeness (QED) is 0.472. The van der Waals surface area contributed by atoms with Crippen LogP contribution < -0.4 is 0 Å². The van der Waals surface area contributed by atoms with E-state index in [0.717, 1.165) is 0 Å². The third-order valence-corrected chi connectivity index (χ3v) is 3.78. The van der Waals surface area contributed by atoms with Crippen molar-refractivity contribution in [3.8, 4) is 0 Å². The third-order valence-electron chi connectivity index (χ3n) is 2.90. The summed E-state index contributed by atoms with van der Waals surface area (Å²) in [7, 11) is 0. The molecule has 0 atom stereocenters. The van der Waals surface area contributed by atoms with Gasteiger partial charge in [0.2, 0.25) is 0 Å². The van der Waals surface area contributed by atoms with Crippen LogP contribution in [0.25, 0.3) is 0 Å². The summed E-state index contributed by atoms with van der Waals surface area (Å²) < 4.78 is -1.31. The molecule has 0 N–H and O–H groups in total. The lowest BCUT2D eigenvalue weighted by molar-refractivity contribution is -0.385. The molecule has 2 rings (SSSR count). The zero-order valence-corrected chi connectivity index (χ0v) is 11.7. The number of halogens is 2. The highest BCUT2D eigenvalue weighted by Gasteiger charge is 2.30. The lowest BCUT2D eigenvalue weighted by Gasteiger charge is -2.20. The molecule has 0 amide bonds. The number of aryl methyl sites for hydroxylation is 1. The van der Waals surface area contributed by atoms with Crippen molar-refractivity contribution >= 4 is 28.9 Å². The second-order valence-corrected chi connectivity index (χ2v) is 5.53. The van der Waals surface area contributed by atoms with Gasteiger partial charge >= 0.3 is 0 Å². The second kappa shape index (κ2) is 5.19. The van der Waals surface area contributed by atoms with Crippen LogP contribution >= 0.6 is 23.2 Å². The predicted octanol–water partition coefficient (Wildman–Crippen LogP) is 4.58. The normalized spacial score (nSPS) is 11.3. The van der Waals surface area contributed by atoms with Gasteiger partial charge in [-0.3, -0.25) is 10.1 Å². The first-order chi connectivity index (χ1) is 8.93. The highest BCUT2D eigenvalue weighted by Crippen LogP contribution is 2.42. The van der Waals surface area contributed by atoms with Crippen LogP contribution in [-0.4, -0.2) is 4.92 Å². The highest BCUT2D eigenvalue weighted by molar-refractivity contribution is 6.50. The van der Waals surface area contributed by atoms with Gasteiger partial charge in [0, 0.05) is 11.6 Å². The fraction of sp³-hybridized carbons (Fsp3) is 0.143. The van der Waals surface area contributed by atoms with E-state index in [0.29, 0.717) is 16.7 Å². The molecule has 2 aromatic carbocycles. The van der Waals surface area contributed by atoms with Gasteiger partial charge in [-0.2, -0.15) is 0 Å². The molecule has 0 radical (unpaired) electrons. The Labute approximate surface area is 120 Å². The molecule has 5 heteroatoms. The first kappa shape index (κ1) is 13.8. The molecule has 0 saturated carbocycles. The molecule has 19 heavy (non-hydrogen) atoms. The molecule has 0 unspecified atom stereocenters. The Kier molecular flexibility index (Phi) is 3.78. The molecule has 0 bridgehead atoms. The Bertz CT molecular complexity index is 612. The summed E-state index contributed by atoms with van der Waals surface area (Å²) in [5.41, 5.74) is 1.75. The summed E-state index contributed by atoms with van der Waals surface area (Å²) in [6.07, 6.45) is 0. The number of rotatable bonds is 3. The average molecular weight is 296 g/mol. The van der Waals surface area contributed by atoms with Crippen LogP contribution in [-0.2, 0) is 4.33 Å². The highest BCUT2D eigenvalue weighted by atomic mass is 35.5. The van der Waals surface area contributed by atoms with Crippen molar-refractivity contribution < 1.29 is 4.92 Å². The molecule has 2 aromatic rings. The van der Waals surface area contributed by atoms with Crippen LogP contribution in [0.1, 0.15) is 16.7 Å². The molecule has 98 valence electrons. The van der Waals surface area contributed by atoms with Crippen LogP contribution in [0.5, 0.6) is 0 Å². The lowest BCUT2D eigenvalue weighted by Crippen LogP contribution is -2.12. The van der Waals surface area contributed by atoms with Crippen LogP contribution in [0.3, 0.4) is 0 Å². The first-order valence-corrected chi connectivity index (χ1v) is 6.37. The van der Waals surface area contributed by atoms with Crippen LogP contribution in [0.2, 0.25) is 0 Å². The smallest absolute Gasteiger partial charge is 0.258 e. The Morgan fingerprint density at radius 2 is 1.68 bits per heavy atom. The molecule has 0 saturated heterocycles. The van der Waals surface area contributed by atoms with Crippen molar-refractivity contribution in [3.05, 3.63) is 75.3 Å². The average Bonchev–Trinajstić information content (AvgIpc) is 2.39. The number of nitro groups is 1.